The van der Waals surface area contributed by atoms with Crippen molar-refractivity contribution in [1.82, 2.24) is 24.9 Å². The van der Waals surface area contributed by atoms with Crippen LogP contribution in [0.5, 0.6) is 5.75 Å². The van der Waals surface area contributed by atoms with Crippen molar-refractivity contribution in [3.8, 4) is 11.4 Å². The van der Waals surface area contributed by atoms with Crippen molar-refractivity contribution in [1.29, 1.82) is 0 Å². The van der Waals surface area contributed by atoms with Crippen LogP contribution in [0.25, 0.3) is 5.69 Å². The van der Waals surface area contributed by atoms with E-state index < -0.39 is 12.1 Å². The average molecular weight is 446 g/mol. The smallest absolute Gasteiger partial charge is 0.246 e. The lowest BCUT2D eigenvalue weighted by molar-refractivity contribution is -0.153. The summed E-state index contributed by atoms with van der Waals surface area (Å²) in [4.78, 5) is 30.0. The highest BCUT2D eigenvalue weighted by Crippen LogP contribution is 2.21. The number of nitrogens with one attached hydrogen (secondary N) is 1. The molecule has 2 fully saturated rings. The molecule has 0 radical (unpaired) electrons. The number of benzene rings is 2. The van der Waals surface area contributed by atoms with Gasteiger partial charge in [-0.3, -0.25) is 14.5 Å². The van der Waals surface area contributed by atoms with E-state index in [9.17, 15) is 9.59 Å². The first-order valence-corrected chi connectivity index (χ1v) is 11.2. The molecule has 8 heteroatoms. The van der Waals surface area contributed by atoms with E-state index in [2.05, 4.69) is 15.3 Å². The third-order valence-electron chi connectivity index (χ3n) is 6.33. The van der Waals surface area contributed by atoms with E-state index in [0.717, 1.165) is 29.1 Å². The fraction of sp³-hybridized carbons (Fsp3) is 0.320. The minimum Gasteiger partial charge on any atom is -0.497 e. The zero-order chi connectivity index (χ0) is 22.8. The number of para-hydroxylation sites is 1. The number of aromatic nitrogens is 2. The van der Waals surface area contributed by atoms with Crippen molar-refractivity contribution in [2.24, 2.45) is 0 Å². The molecule has 5 rings (SSSR count). The lowest BCUT2D eigenvalue weighted by Gasteiger charge is -2.45. The minimum atomic E-state index is -0.530. The van der Waals surface area contributed by atoms with Gasteiger partial charge in [-0.1, -0.05) is 30.3 Å². The number of carbonyl (C=O) groups excluding carboxylic acids is 2. The fourth-order valence-electron chi connectivity index (χ4n) is 4.56. The first-order valence-electron chi connectivity index (χ1n) is 11.2. The molecule has 33 heavy (non-hydrogen) atoms. The van der Waals surface area contributed by atoms with Crippen LogP contribution in [0.2, 0.25) is 0 Å². The van der Waals surface area contributed by atoms with E-state index >= 15 is 0 Å². The van der Waals surface area contributed by atoms with Crippen molar-refractivity contribution < 1.29 is 14.3 Å². The van der Waals surface area contributed by atoms with E-state index in [1.807, 2.05) is 71.7 Å². The van der Waals surface area contributed by atoms with Crippen LogP contribution in [-0.2, 0) is 22.6 Å². The van der Waals surface area contributed by atoms with E-state index in [1.165, 1.54) is 0 Å². The molecule has 0 unspecified atom stereocenters. The van der Waals surface area contributed by atoms with Crippen LogP contribution in [0.3, 0.4) is 0 Å². The molecule has 2 amide bonds. The van der Waals surface area contributed by atoms with Gasteiger partial charge in [0.1, 0.15) is 17.8 Å². The molecule has 1 N–H and O–H groups in total. The standard InChI is InChI=1S/C25H27N5O3/c1-33-21-9-7-18(8-10-21)13-22-25(32)29-12-11-28(17-23(29)24(31)27-22)15-19-14-26-30(16-19)20-5-3-2-4-6-20/h2-10,14,16,22-23H,11-13,15,17H2,1H3,(H,27,31)/t22-,23+/m0/s1. The van der Waals surface area contributed by atoms with Crippen molar-refractivity contribution in [3.63, 3.8) is 0 Å². The number of rotatable bonds is 6. The van der Waals surface area contributed by atoms with Gasteiger partial charge in [0.15, 0.2) is 0 Å². The van der Waals surface area contributed by atoms with Crippen molar-refractivity contribution >= 4 is 11.8 Å². The third kappa shape index (κ3) is 4.47. The molecule has 8 nitrogen and oxygen atoms in total. The lowest BCUT2D eigenvalue weighted by Crippen LogP contribution is -2.69. The van der Waals surface area contributed by atoms with Crippen molar-refractivity contribution in [2.45, 2.75) is 25.0 Å². The Labute approximate surface area is 192 Å². The number of hydrogen-bond acceptors (Lipinski definition) is 5. The van der Waals surface area contributed by atoms with Crippen LogP contribution < -0.4 is 10.1 Å². The summed E-state index contributed by atoms with van der Waals surface area (Å²) in [6.45, 7) is 2.47. The Morgan fingerprint density at radius 3 is 2.58 bits per heavy atom. The number of methoxy groups -OCH3 is 1. The van der Waals surface area contributed by atoms with Crippen LogP contribution in [-0.4, -0.2) is 70.2 Å². The molecule has 2 atom stereocenters. The summed E-state index contributed by atoms with van der Waals surface area (Å²) >= 11 is 0. The van der Waals surface area contributed by atoms with Gasteiger partial charge in [-0.05, 0) is 29.8 Å². The molecule has 0 aliphatic carbocycles. The maximum absolute atomic E-state index is 13.1. The monoisotopic (exact) mass is 445 g/mol. The Hall–Kier alpha value is -3.65. The van der Waals surface area contributed by atoms with Gasteiger partial charge in [0.25, 0.3) is 0 Å². The minimum absolute atomic E-state index is 0.00744. The molecule has 2 aliphatic heterocycles. The highest BCUT2D eigenvalue weighted by atomic mass is 16.5. The average Bonchev–Trinajstić information content (AvgIpc) is 3.32. The number of piperazine rings is 2. The SMILES string of the molecule is COc1ccc(C[C@@H]2NC(=O)[C@H]3CN(Cc4cnn(-c5ccccc5)c4)CCN3C2=O)cc1. The predicted octanol–water partition coefficient (Wildman–Crippen LogP) is 1.63. The van der Waals surface area contributed by atoms with Gasteiger partial charge < -0.3 is 15.0 Å². The maximum Gasteiger partial charge on any atom is 0.246 e. The largest absolute Gasteiger partial charge is 0.497 e. The number of fused-ring (bicyclic) bond motifs is 1. The van der Waals surface area contributed by atoms with Crippen LogP contribution in [0, 0.1) is 0 Å². The Bertz CT molecular complexity index is 1130. The molecular weight excluding hydrogens is 418 g/mol. The molecular formula is C25H27N5O3. The number of hydrogen-bond donors (Lipinski definition) is 1. The highest BCUT2D eigenvalue weighted by molar-refractivity contribution is 5.97. The van der Waals surface area contributed by atoms with E-state index in [1.54, 1.807) is 12.0 Å². The number of nitrogens with zero attached hydrogens (tertiary/aromatic N) is 4. The second kappa shape index (κ2) is 9.07. The molecule has 3 heterocycles. The normalized spacial score (nSPS) is 20.9. The second-order valence-corrected chi connectivity index (χ2v) is 8.52. The molecule has 1 aromatic heterocycles. The number of ether oxygens (including phenoxy) is 1. The molecule has 0 saturated carbocycles. The second-order valence-electron chi connectivity index (χ2n) is 8.52. The lowest BCUT2D eigenvalue weighted by atomic mass is 9.98. The zero-order valence-corrected chi connectivity index (χ0v) is 18.6. The topological polar surface area (TPSA) is 79.7 Å². The molecule has 3 aromatic rings. The van der Waals surface area contributed by atoms with Gasteiger partial charge in [-0.25, -0.2) is 4.68 Å². The van der Waals surface area contributed by atoms with Gasteiger partial charge in [-0.2, -0.15) is 5.10 Å². The number of carbonyl (C=O) groups is 2. The summed E-state index contributed by atoms with van der Waals surface area (Å²) in [7, 11) is 1.62. The number of amides is 2. The summed E-state index contributed by atoms with van der Waals surface area (Å²) in [6.07, 6.45) is 4.34. The van der Waals surface area contributed by atoms with Crippen LogP contribution in [0.1, 0.15) is 11.1 Å². The highest BCUT2D eigenvalue weighted by Gasteiger charge is 2.43. The van der Waals surface area contributed by atoms with Gasteiger partial charge >= 0.3 is 0 Å². The zero-order valence-electron chi connectivity index (χ0n) is 18.6. The van der Waals surface area contributed by atoms with Crippen LogP contribution in [0.15, 0.2) is 67.0 Å². The molecule has 170 valence electrons. The quantitative estimate of drug-likeness (QED) is 0.624. The van der Waals surface area contributed by atoms with Gasteiger partial charge in [0, 0.05) is 44.4 Å². The summed E-state index contributed by atoms with van der Waals surface area (Å²) in [5.74, 6) is 0.674. The summed E-state index contributed by atoms with van der Waals surface area (Å²) < 4.78 is 7.04. The molecule has 2 aliphatic rings. The molecule has 2 saturated heterocycles. The molecule has 0 spiro atoms. The van der Waals surface area contributed by atoms with Gasteiger partial charge in [-0.15, -0.1) is 0 Å². The Morgan fingerprint density at radius 2 is 1.82 bits per heavy atom. The van der Waals surface area contributed by atoms with Crippen molar-refractivity contribution in [2.75, 3.05) is 26.7 Å². The van der Waals surface area contributed by atoms with Crippen molar-refractivity contribution in [3.05, 3.63) is 78.1 Å². The summed E-state index contributed by atoms with van der Waals surface area (Å²) in [6, 6.07) is 16.6. The maximum atomic E-state index is 13.1. The first kappa shape index (κ1) is 21.2. The van der Waals surface area contributed by atoms with E-state index in [0.29, 0.717) is 26.1 Å². The summed E-state index contributed by atoms with van der Waals surface area (Å²) in [5, 5.41) is 7.41. The Kier molecular flexibility index (Phi) is 5.83. The molecule has 0 bridgehead atoms. The van der Waals surface area contributed by atoms with Crippen LogP contribution >= 0.6 is 0 Å². The molecule has 2 aromatic carbocycles. The Balaban J connectivity index is 1.21. The summed E-state index contributed by atoms with van der Waals surface area (Å²) in [5.41, 5.74) is 3.07. The van der Waals surface area contributed by atoms with Crippen LogP contribution in [0.4, 0.5) is 0 Å². The van der Waals surface area contributed by atoms with E-state index in [-0.39, 0.29) is 11.8 Å². The van der Waals surface area contributed by atoms with Gasteiger partial charge in [0.2, 0.25) is 11.8 Å². The fourth-order valence-corrected chi connectivity index (χ4v) is 4.56. The van der Waals surface area contributed by atoms with Gasteiger partial charge in [0.05, 0.1) is 19.0 Å². The predicted molar refractivity (Wildman–Crippen MR) is 123 cm³/mol. The first-order chi connectivity index (χ1) is 16.1. The Morgan fingerprint density at radius 1 is 1.03 bits per heavy atom. The third-order valence-corrected chi connectivity index (χ3v) is 6.33. The van der Waals surface area contributed by atoms with E-state index in [4.69, 9.17) is 4.74 Å².